The molecule has 0 radical (unpaired) electrons. The number of pyridine rings is 2. The first-order chi connectivity index (χ1) is 20.5. The summed E-state index contributed by atoms with van der Waals surface area (Å²) >= 11 is 0. The molecule has 0 amide bonds. The second kappa shape index (κ2) is 8.86. The van der Waals surface area contributed by atoms with Crippen molar-refractivity contribution in [2.45, 2.75) is 25.2 Å². The van der Waals surface area contributed by atoms with Gasteiger partial charge in [0.05, 0.1) is 27.8 Å². The van der Waals surface area contributed by atoms with Gasteiger partial charge in [-0.05, 0) is 67.4 Å². The molecule has 0 fully saturated rings. The molecule has 12 nitrogen and oxygen atoms in total. The average molecular weight is 555 g/mol. The minimum Gasteiger partial charge on any atom is -0.324 e. The normalized spacial score (nSPS) is 21.0. The molecular formula is C30H26N12. The number of hydrogen-bond donors (Lipinski definition) is 6. The molecule has 0 atom stereocenters. The Kier molecular flexibility index (Phi) is 5.07. The van der Waals surface area contributed by atoms with Gasteiger partial charge in [0.2, 0.25) is 35.1 Å². The van der Waals surface area contributed by atoms with Crippen LogP contribution in [0.2, 0.25) is 0 Å². The highest BCUT2D eigenvalue weighted by Crippen LogP contribution is 2.49. The Morgan fingerprint density at radius 1 is 0.690 bits per heavy atom. The molecule has 4 aromatic heterocycles. The van der Waals surface area contributed by atoms with Crippen molar-refractivity contribution >= 4 is 45.9 Å². The van der Waals surface area contributed by atoms with Crippen LogP contribution in [0.4, 0.5) is 11.9 Å². The fraction of sp³-hybridized carbons (Fsp3) is 0.133. The molecule has 2 aliphatic rings. The number of aliphatic imine (C=N–C) groups is 2. The van der Waals surface area contributed by atoms with E-state index in [-0.39, 0.29) is 0 Å². The highest BCUT2D eigenvalue weighted by molar-refractivity contribution is 6.01. The van der Waals surface area contributed by atoms with E-state index in [1.165, 1.54) is 0 Å². The SMILES string of the molecule is Cc1ccc2nc(NC3=NC4(c5cccnc5)N=C(Nc5nc6ccc(C)cc6[nH]5)NC4(c4ccccn4)N3)[nH]c2c1. The molecule has 0 unspecified atom stereocenters. The number of nitrogens with zero attached hydrogens (tertiary/aromatic N) is 6. The van der Waals surface area contributed by atoms with Crippen molar-refractivity contribution in [1.29, 1.82) is 0 Å². The van der Waals surface area contributed by atoms with Gasteiger partial charge in [0.1, 0.15) is 0 Å². The fourth-order valence-corrected chi connectivity index (χ4v) is 5.65. The first-order valence-corrected chi connectivity index (χ1v) is 13.5. The van der Waals surface area contributed by atoms with Crippen LogP contribution in [0.3, 0.4) is 0 Å². The second-order valence-electron chi connectivity index (χ2n) is 10.5. The van der Waals surface area contributed by atoms with Crippen molar-refractivity contribution in [3.63, 3.8) is 0 Å². The maximum absolute atomic E-state index is 5.16. The number of guanidine groups is 2. The number of fused-ring (bicyclic) bond motifs is 3. The van der Waals surface area contributed by atoms with Gasteiger partial charge >= 0.3 is 0 Å². The van der Waals surface area contributed by atoms with E-state index in [0.717, 1.165) is 38.8 Å². The van der Waals surface area contributed by atoms with Crippen molar-refractivity contribution in [2.75, 3.05) is 10.6 Å². The molecule has 206 valence electrons. The van der Waals surface area contributed by atoms with E-state index >= 15 is 0 Å². The van der Waals surface area contributed by atoms with E-state index in [0.29, 0.717) is 29.5 Å². The number of nitrogens with one attached hydrogen (secondary N) is 6. The zero-order chi connectivity index (χ0) is 28.3. The number of aromatic amines is 2. The molecule has 42 heavy (non-hydrogen) atoms. The first kappa shape index (κ1) is 24.1. The molecule has 6 N–H and O–H groups in total. The van der Waals surface area contributed by atoms with Crippen LogP contribution in [-0.4, -0.2) is 41.8 Å². The van der Waals surface area contributed by atoms with Gasteiger partial charge < -0.3 is 20.6 Å². The van der Waals surface area contributed by atoms with Crippen LogP contribution in [0.5, 0.6) is 0 Å². The number of aryl methyl sites for hydroxylation is 2. The Bertz CT molecular complexity index is 1920. The van der Waals surface area contributed by atoms with Crippen LogP contribution in [0, 0.1) is 13.8 Å². The van der Waals surface area contributed by atoms with Gasteiger partial charge in [-0.2, -0.15) is 0 Å². The summed E-state index contributed by atoms with van der Waals surface area (Å²) in [6, 6.07) is 21.7. The molecule has 0 saturated heterocycles. The van der Waals surface area contributed by atoms with Gasteiger partial charge in [0.25, 0.3) is 0 Å². The third-order valence-electron chi connectivity index (χ3n) is 7.54. The predicted octanol–water partition coefficient (Wildman–Crippen LogP) is 3.99. The summed E-state index contributed by atoms with van der Waals surface area (Å²) in [7, 11) is 0. The average Bonchev–Trinajstić information content (AvgIpc) is 3.73. The van der Waals surface area contributed by atoms with Gasteiger partial charge in [-0.3, -0.25) is 20.6 Å². The Balaban J connectivity index is 1.25. The Labute approximate surface area is 239 Å². The van der Waals surface area contributed by atoms with Crippen LogP contribution in [0.1, 0.15) is 22.4 Å². The maximum Gasteiger partial charge on any atom is 0.231 e. The molecule has 8 rings (SSSR count). The summed E-state index contributed by atoms with van der Waals surface area (Å²) in [5.74, 6) is 2.04. The van der Waals surface area contributed by atoms with Crippen LogP contribution in [-0.2, 0) is 11.3 Å². The zero-order valence-electron chi connectivity index (χ0n) is 22.8. The molecule has 6 aromatic rings. The highest BCUT2D eigenvalue weighted by atomic mass is 15.5. The Morgan fingerprint density at radius 3 is 1.88 bits per heavy atom. The van der Waals surface area contributed by atoms with E-state index in [1.54, 1.807) is 18.6 Å². The summed E-state index contributed by atoms with van der Waals surface area (Å²) in [6.07, 6.45) is 5.25. The molecule has 6 heterocycles. The number of hydrogen-bond acceptors (Lipinski definition) is 10. The number of benzene rings is 2. The maximum atomic E-state index is 5.16. The van der Waals surface area contributed by atoms with Gasteiger partial charge in [0, 0.05) is 24.2 Å². The molecular weight excluding hydrogens is 528 g/mol. The lowest BCUT2D eigenvalue weighted by atomic mass is 9.86. The van der Waals surface area contributed by atoms with Crippen LogP contribution >= 0.6 is 0 Å². The van der Waals surface area contributed by atoms with Crippen LogP contribution < -0.4 is 21.3 Å². The minimum absolute atomic E-state index is 0.467. The number of H-pyrrole nitrogens is 2. The molecule has 2 aliphatic heterocycles. The molecule has 12 heteroatoms. The van der Waals surface area contributed by atoms with Crippen LogP contribution in [0.25, 0.3) is 22.1 Å². The smallest absolute Gasteiger partial charge is 0.231 e. The molecule has 2 aromatic carbocycles. The van der Waals surface area contributed by atoms with Gasteiger partial charge in [-0.1, -0.05) is 24.3 Å². The van der Waals surface area contributed by atoms with Crippen molar-refractivity contribution in [3.05, 3.63) is 108 Å². The molecule has 0 spiro atoms. The van der Waals surface area contributed by atoms with Crippen molar-refractivity contribution < 1.29 is 0 Å². The molecule has 0 saturated carbocycles. The van der Waals surface area contributed by atoms with Crippen LogP contribution in [0.15, 0.2) is 95.3 Å². The number of imidazole rings is 2. The van der Waals surface area contributed by atoms with Gasteiger partial charge in [-0.25, -0.2) is 20.0 Å². The lowest BCUT2D eigenvalue weighted by molar-refractivity contribution is 0.227. The van der Waals surface area contributed by atoms with E-state index in [1.807, 2.05) is 68.4 Å². The van der Waals surface area contributed by atoms with E-state index in [2.05, 4.69) is 48.4 Å². The number of aromatic nitrogens is 6. The van der Waals surface area contributed by atoms with Gasteiger partial charge in [0.15, 0.2) is 0 Å². The zero-order valence-corrected chi connectivity index (χ0v) is 22.8. The quantitative estimate of drug-likeness (QED) is 0.191. The highest BCUT2D eigenvalue weighted by Gasteiger charge is 2.64. The van der Waals surface area contributed by atoms with E-state index in [9.17, 15) is 0 Å². The monoisotopic (exact) mass is 554 g/mol. The Morgan fingerprint density at radius 2 is 1.33 bits per heavy atom. The summed E-state index contributed by atoms with van der Waals surface area (Å²) in [5.41, 5.74) is 5.00. The number of anilines is 2. The van der Waals surface area contributed by atoms with Gasteiger partial charge in [-0.15, -0.1) is 0 Å². The Hall–Kier alpha value is -5.78. The predicted molar refractivity (Wildman–Crippen MR) is 162 cm³/mol. The lowest BCUT2D eigenvalue weighted by Gasteiger charge is -2.36. The number of rotatable bonds is 4. The summed E-state index contributed by atoms with van der Waals surface area (Å²) in [6.45, 7) is 4.10. The lowest BCUT2D eigenvalue weighted by Crippen LogP contribution is -2.61. The minimum atomic E-state index is -1.22. The summed E-state index contributed by atoms with van der Waals surface area (Å²) < 4.78 is 0. The third-order valence-corrected chi connectivity index (χ3v) is 7.54. The standard InChI is InChI=1S/C30H26N12/c1-17-8-10-20-22(14-17)35-25(33-20)37-27-39-29(19-6-5-12-31-16-19)30(41-27,24-7-3-4-13-32-24)42-28(40-29)38-26-34-21-11-9-18(2)15-23(21)36-26/h3-16H,1-2H3,(H3,33,35,37,39,41)(H3,34,36,38,40,42). The van der Waals surface area contributed by atoms with Crippen molar-refractivity contribution in [3.8, 4) is 0 Å². The van der Waals surface area contributed by atoms with Crippen molar-refractivity contribution in [2.24, 2.45) is 9.98 Å². The van der Waals surface area contributed by atoms with Crippen molar-refractivity contribution in [1.82, 2.24) is 40.5 Å². The summed E-state index contributed by atoms with van der Waals surface area (Å²) in [5, 5.41) is 13.8. The van der Waals surface area contributed by atoms with E-state index in [4.69, 9.17) is 24.9 Å². The molecule has 0 aliphatic carbocycles. The second-order valence-corrected chi connectivity index (χ2v) is 10.5. The molecule has 0 bridgehead atoms. The topological polar surface area (TPSA) is 156 Å². The third kappa shape index (κ3) is 3.69. The fourth-order valence-electron chi connectivity index (χ4n) is 5.65. The largest absolute Gasteiger partial charge is 0.324 e. The summed E-state index contributed by atoms with van der Waals surface area (Å²) in [4.78, 5) is 35.6. The van der Waals surface area contributed by atoms with E-state index < -0.39 is 11.3 Å². The first-order valence-electron chi connectivity index (χ1n) is 13.5.